The molecule has 8 heteroatoms. The predicted molar refractivity (Wildman–Crippen MR) is 215 cm³/mol. The van der Waals surface area contributed by atoms with Crippen molar-refractivity contribution >= 4 is 38.9 Å². The zero-order valence-corrected chi connectivity index (χ0v) is 33.3. The third-order valence-corrected chi connectivity index (χ3v) is 10.1. The molecule has 0 aliphatic carbocycles. The van der Waals surface area contributed by atoms with Crippen LogP contribution in [0.3, 0.4) is 0 Å². The average molecular weight is 884 g/mol. The molecule has 7 nitrogen and oxygen atoms in total. The van der Waals surface area contributed by atoms with E-state index in [0.29, 0.717) is 17.5 Å². The van der Waals surface area contributed by atoms with E-state index >= 15 is 0 Å². The van der Waals surface area contributed by atoms with Crippen LogP contribution >= 0.6 is 0 Å². The topological polar surface area (TPSA) is 63.0 Å². The Morgan fingerprint density at radius 3 is 2.09 bits per heavy atom. The quantitative estimate of drug-likeness (QED) is 0.161. The zero-order valence-electron chi connectivity index (χ0n) is 31.0. The van der Waals surface area contributed by atoms with Crippen molar-refractivity contribution in [3.8, 4) is 40.0 Å². The Morgan fingerprint density at radius 2 is 1.33 bits per heavy atom. The number of nitrogens with zero attached hydrogens (tertiary/aromatic N) is 7. The average Bonchev–Trinajstić information content (AvgIpc) is 3.68. The van der Waals surface area contributed by atoms with Gasteiger partial charge in [0, 0.05) is 49.7 Å². The number of rotatable bonds is 5. The minimum Gasteiger partial charge on any atom is -0.504 e. The van der Waals surface area contributed by atoms with Gasteiger partial charge in [-0.05, 0) is 84.2 Å². The molecule has 0 spiro atoms. The summed E-state index contributed by atoms with van der Waals surface area (Å²) in [6.45, 7) is 13.1. The maximum atomic E-state index is 5.11. The Bertz CT molecular complexity index is 2690. The summed E-state index contributed by atoms with van der Waals surface area (Å²) in [6.07, 6.45) is 1.90. The summed E-state index contributed by atoms with van der Waals surface area (Å²) in [7, 11) is 2.08. The number of fused-ring (bicyclic) bond motifs is 4. The first kappa shape index (κ1) is 35.4. The number of aryl methyl sites for hydroxylation is 2. The standard InChI is InChI=1S/C46H38N7.Pt/c1-29-23-40-41(24-30(29)2)52(28-51(40)6)35-16-12-15-32(25-35)44-48-43(31-13-8-7-9-14-31)49-45(50-44)33-19-20-37-36-17-10-11-18-38(36)53(39(37)26-33)42-27-34(21-22-47-42)46(3,4)5;/h7-24,27-28H,1-6H3;/q-3;. The molecule has 3 aromatic heterocycles. The fraction of sp³-hybridized carbons (Fsp3) is 0.152. The smallest absolute Gasteiger partial charge is 0.144 e. The largest absolute Gasteiger partial charge is 0.504 e. The normalized spacial score (nSPS) is 12.7. The molecule has 0 saturated carbocycles. The monoisotopic (exact) mass is 883 g/mol. The molecule has 5 aromatic carbocycles. The summed E-state index contributed by atoms with van der Waals surface area (Å²) >= 11 is 0. The van der Waals surface area contributed by atoms with Gasteiger partial charge in [0.2, 0.25) is 0 Å². The fourth-order valence-corrected chi connectivity index (χ4v) is 7.08. The SMILES string of the molecule is Cc1cc2c(cc1C)N(c1[c-]c(-c3nc(-c4[c-]c5c(cc4)c4ccccc4n5-c4cc(C(C)(C)C)ccn4)nc(-c4ccccc4)n3)ccc1)[CH-]N2C.[Pt]. The van der Waals surface area contributed by atoms with E-state index < -0.39 is 0 Å². The molecule has 0 saturated heterocycles. The predicted octanol–water partition coefficient (Wildman–Crippen LogP) is 10.6. The van der Waals surface area contributed by atoms with Crippen LogP contribution in [0.1, 0.15) is 37.5 Å². The Labute approximate surface area is 330 Å². The van der Waals surface area contributed by atoms with Crippen LogP contribution in [0.15, 0.2) is 115 Å². The van der Waals surface area contributed by atoms with Gasteiger partial charge in [-0.25, -0.2) is 4.98 Å². The summed E-state index contributed by atoms with van der Waals surface area (Å²) in [5.74, 6) is 2.51. The first-order valence-electron chi connectivity index (χ1n) is 17.9. The van der Waals surface area contributed by atoms with E-state index in [-0.39, 0.29) is 26.5 Å². The molecule has 1 aliphatic heterocycles. The van der Waals surface area contributed by atoms with Crippen molar-refractivity contribution in [2.75, 3.05) is 16.8 Å². The molecule has 0 radical (unpaired) electrons. The van der Waals surface area contributed by atoms with Gasteiger partial charge < -0.3 is 19.4 Å². The van der Waals surface area contributed by atoms with Crippen molar-refractivity contribution in [2.24, 2.45) is 0 Å². The molecule has 0 fully saturated rings. The number of hydrogen-bond donors (Lipinski definition) is 0. The van der Waals surface area contributed by atoms with Crippen molar-refractivity contribution in [1.82, 2.24) is 24.5 Å². The molecule has 1 aliphatic rings. The zero-order chi connectivity index (χ0) is 36.4. The van der Waals surface area contributed by atoms with E-state index in [1.165, 1.54) is 16.7 Å². The van der Waals surface area contributed by atoms with Gasteiger partial charge in [-0.15, -0.1) is 53.6 Å². The Balaban J connectivity index is 0.00000413. The van der Waals surface area contributed by atoms with Gasteiger partial charge in [0.05, 0.1) is 11.6 Å². The molecule has 0 unspecified atom stereocenters. The Hall–Kier alpha value is -5.65. The van der Waals surface area contributed by atoms with Gasteiger partial charge in [-0.2, -0.15) is 6.67 Å². The minimum atomic E-state index is -0.0289. The summed E-state index contributed by atoms with van der Waals surface area (Å²) in [4.78, 5) is 24.4. The second-order valence-electron chi connectivity index (χ2n) is 14.8. The molecule has 0 amide bonds. The van der Waals surface area contributed by atoms with Crippen LogP contribution in [0.5, 0.6) is 0 Å². The Kier molecular flexibility index (Phi) is 8.94. The van der Waals surface area contributed by atoms with E-state index in [9.17, 15) is 0 Å². The first-order valence-corrected chi connectivity index (χ1v) is 17.9. The maximum Gasteiger partial charge on any atom is 0.144 e. The van der Waals surface area contributed by atoms with Gasteiger partial charge >= 0.3 is 0 Å². The number of benzene rings is 5. The number of anilines is 3. The van der Waals surface area contributed by atoms with Crippen LogP contribution in [0, 0.1) is 32.6 Å². The second-order valence-corrected chi connectivity index (χ2v) is 14.8. The first-order chi connectivity index (χ1) is 25.6. The summed E-state index contributed by atoms with van der Waals surface area (Å²) in [6, 6.07) is 44.9. The van der Waals surface area contributed by atoms with E-state index in [4.69, 9.17) is 19.9 Å². The van der Waals surface area contributed by atoms with E-state index in [1.807, 2.05) is 48.7 Å². The Morgan fingerprint density at radius 1 is 0.648 bits per heavy atom. The number of hydrogen-bond acceptors (Lipinski definition) is 6. The van der Waals surface area contributed by atoms with Crippen molar-refractivity contribution in [3.05, 3.63) is 151 Å². The van der Waals surface area contributed by atoms with Crippen molar-refractivity contribution in [1.29, 1.82) is 0 Å². The number of para-hydroxylation sites is 1. The molecule has 0 bridgehead atoms. The molecule has 8 aromatic rings. The summed E-state index contributed by atoms with van der Waals surface area (Å²) in [5.41, 5.74) is 11.3. The molecule has 270 valence electrons. The summed E-state index contributed by atoms with van der Waals surface area (Å²) in [5, 5.41) is 2.22. The van der Waals surface area contributed by atoms with E-state index in [1.54, 1.807) is 0 Å². The molecule has 4 heterocycles. The fourth-order valence-electron chi connectivity index (χ4n) is 7.08. The van der Waals surface area contributed by atoms with Crippen molar-refractivity contribution < 1.29 is 21.1 Å². The van der Waals surface area contributed by atoms with Gasteiger partial charge in [-0.1, -0.05) is 80.4 Å². The van der Waals surface area contributed by atoms with Crippen molar-refractivity contribution in [3.63, 3.8) is 0 Å². The van der Waals surface area contributed by atoms with Crippen molar-refractivity contribution in [2.45, 2.75) is 40.0 Å². The van der Waals surface area contributed by atoms with Crippen LogP contribution in [-0.4, -0.2) is 31.6 Å². The minimum absolute atomic E-state index is 0. The molecular weight excluding hydrogens is 846 g/mol. The maximum absolute atomic E-state index is 5.11. The number of aromatic nitrogens is 5. The van der Waals surface area contributed by atoms with E-state index in [0.717, 1.165) is 61.4 Å². The van der Waals surface area contributed by atoms with Gasteiger partial charge in [0.25, 0.3) is 0 Å². The van der Waals surface area contributed by atoms with Crippen LogP contribution in [0.2, 0.25) is 0 Å². The third-order valence-electron chi connectivity index (χ3n) is 10.1. The third kappa shape index (κ3) is 6.16. The molecule has 54 heavy (non-hydrogen) atoms. The van der Waals surface area contributed by atoms with Crippen LogP contribution < -0.4 is 9.80 Å². The van der Waals surface area contributed by atoms with Crippen LogP contribution in [0.25, 0.3) is 61.8 Å². The van der Waals surface area contributed by atoms with Crippen LogP contribution in [-0.2, 0) is 26.5 Å². The molecule has 0 atom stereocenters. The molecular formula is C46H38N7Pt-3. The van der Waals surface area contributed by atoms with Gasteiger partial charge in [0.1, 0.15) is 11.6 Å². The second kappa shape index (κ2) is 13.6. The van der Waals surface area contributed by atoms with Gasteiger partial charge in [-0.3, -0.25) is 9.97 Å². The summed E-state index contributed by atoms with van der Waals surface area (Å²) < 4.78 is 2.20. The van der Waals surface area contributed by atoms with E-state index in [2.05, 4.69) is 142 Å². The number of pyridine rings is 1. The van der Waals surface area contributed by atoms with Crippen LogP contribution in [0.4, 0.5) is 17.1 Å². The van der Waals surface area contributed by atoms with Gasteiger partial charge in [0.15, 0.2) is 0 Å². The molecule has 9 rings (SSSR count). The molecule has 0 N–H and O–H groups in total.